The number of nitrogens with one attached hydrogen (secondary N) is 1. The Balaban J connectivity index is 1.90. The predicted molar refractivity (Wildman–Crippen MR) is 120 cm³/mol. The van der Waals surface area contributed by atoms with Gasteiger partial charge in [-0.25, -0.2) is 13.4 Å². The maximum atomic E-state index is 13.0. The molecule has 1 heterocycles. The maximum Gasteiger partial charge on any atom is 0.263 e. The first-order valence-electron chi connectivity index (χ1n) is 9.31. The molecule has 1 aromatic heterocycles. The SMILES string of the molecule is COc1ccc(-c2c(NS(=O)(=O)c3ccc(C)cc3)nc3ccccc3c2N)cc1. The number of benzene rings is 3. The van der Waals surface area contributed by atoms with E-state index in [2.05, 4.69) is 9.71 Å². The molecule has 3 aromatic carbocycles. The van der Waals surface area contributed by atoms with Crippen molar-refractivity contribution in [3.8, 4) is 16.9 Å². The third kappa shape index (κ3) is 3.67. The summed E-state index contributed by atoms with van der Waals surface area (Å²) in [7, 11) is -2.27. The number of nitrogens with two attached hydrogens (primary N) is 1. The van der Waals surface area contributed by atoms with E-state index in [0.29, 0.717) is 22.5 Å². The molecule has 0 fully saturated rings. The van der Waals surface area contributed by atoms with Crippen molar-refractivity contribution in [3.05, 3.63) is 78.4 Å². The second-order valence-corrected chi connectivity index (χ2v) is 8.60. The van der Waals surface area contributed by atoms with E-state index in [9.17, 15) is 8.42 Å². The Bertz CT molecular complexity index is 1320. The Kier molecular flexibility index (Phi) is 5.05. The van der Waals surface area contributed by atoms with Crippen LogP contribution in [0.25, 0.3) is 22.0 Å². The molecule has 0 bridgehead atoms. The average molecular weight is 420 g/mol. The molecule has 30 heavy (non-hydrogen) atoms. The minimum absolute atomic E-state index is 0.155. The predicted octanol–water partition coefficient (Wildman–Crippen LogP) is 4.60. The van der Waals surface area contributed by atoms with Crippen LogP contribution in [0.3, 0.4) is 0 Å². The van der Waals surface area contributed by atoms with Gasteiger partial charge in [0.15, 0.2) is 0 Å². The van der Waals surface area contributed by atoms with Crippen molar-refractivity contribution in [2.24, 2.45) is 0 Å². The van der Waals surface area contributed by atoms with Crippen LogP contribution in [-0.4, -0.2) is 20.5 Å². The topological polar surface area (TPSA) is 94.3 Å². The Hall–Kier alpha value is -3.58. The summed E-state index contributed by atoms with van der Waals surface area (Å²) >= 11 is 0. The van der Waals surface area contributed by atoms with Gasteiger partial charge in [-0.1, -0.05) is 48.0 Å². The second-order valence-electron chi connectivity index (χ2n) is 6.91. The van der Waals surface area contributed by atoms with E-state index in [0.717, 1.165) is 16.5 Å². The molecule has 4 aromatic rings. The fourth-order valence-corrected chi connectivity index (χ4v) is 4.28. The van der Waals surface area contributed by atoms with E-state index in [1.54, 1.807) is 49.6 Å². The lowest BCUT2D eigenvalue weighted by Crippen LogP contribution is -2.15. The van der Waals surface area contributed by atoms with E-state index in [-0.39, 0.29) is 10.7 Å². The van der Waals surface area contributed by atoms with Gasteiger partial charge in [-0.05, 0) is 42.8 Å². The number of hydrogen-bond donors (Lipinski definition) is 2. The first-order chi connectivity index (χ1) is 14.4. The van der Waals surface area contributed by atoms with E-state index >= 15 is 0 Å². The van der Waals surface area contributed by atoms with Crippen LogP contribution in [-0.2, 0) is 10.0 Å². The van der Waals surface area contributed by atoms with Gasteiger partial charge in [-0.3, -0.25) is 4.72 Å². The number of methoxy groups -OCH3 is 1. The molecule has 0 aliphatic rings. The maximum absolute atomic E-state index is 13.0. The number of fused-ring (bicyclic) bond motifs is 1. The number of aromatic nitrogens is 1. The molecule has 6 nitrogen and oxygen atoms in total. The van der Waals surface area contributed by atoms with Gasteiger partial charge in [0.1, 0.15) is 11.6 Å². The van der Waals surface area contributed by atoms with Gasteiger partial charge in [-0.15, -0.1) is 0 Å². The van der Waals surface area contributed by atoms with E-state index in [1.165, 1.54) is 0 Å². The molecule has 0 amide bonds. The van der Waals surface area contributed by atoms with Crippen LogP contribution in [0.4, 0.5) is 11.5 Å². The van der Waals surface area contributed by atoms with Crippen molar-refractivity contribution in [1.29, 1.82) is 0 Å². The number of pyridine rings is 1. The quantitative estimate of drug-likeness (QED) is 0.493. The molecule has 0 saturated heterocycles. The van der Waals surface area contributed by atoms with Crippen molar-refractivity contribution in [2.75, 3.05) is 17.6 Å². The minimum atomic E-state index is -3.85. The standard InChI is InChI=1S/C23H21N3O3S/c1-15-7-13-18(14-8-15)30(27,28)26-23-21(16-9-11-17(29-2)12-10-16)22(24)19-5-3-4-6-20(19)25-23/h3-14H,1-2H3,(H3,24,25,26). The molecule has 0 aliphatic heterocycles. The Morgan fingerprint density at radius 1 is 0.933 bits per heavy atom. The average Bonchev–Trinajstić information content (AvgIpc) is 2.74. The monoisotopic (exact) mass is 419 g/mol. The number of aryl methyl sites for hydroxylation is 1. The lowest BCUT2D eigenvalue weighted by Gasteiger charge is -2.16. The zero-order valence-electron chi connectivity index (χ0n) is 16.6. The number of para-hydroxylation sites is 1. The Morgan fingerprint density at radius 2 is 1.60 bits per heavy atom. The van der Waals surface area contributed by atoms with Gasteiger partial charge >= 0.3 is 0 Å². The van der Waals surface area contributed by atoms with Crippen molar-refractivity contribution in [3.63, 3.8) is 0 Å². The van der Waals surface area contributed by atoms with E-state index < -0.39 is 10.0 Å². The first kappa shape index (κ1) is 19.7. The van der Waals surface area contributed by atoms with Crippen molar-refractivity contribution in [1.82, 2.24) is 4.98 Å². The summed E-state index contributed by atoms with van der Waals surface area (Å²) in [6.07, 6.45) is 0. The number of rotatable bonds is 5. The van der Waals surface area contributed by atoms with Crippen LogP contribution in [0, 0.1) is 6.92 Å². The summed E-state index contributed by atoms with van der Waals surface area (Å²) in [5, 5.41) is 0.751. The summed E-state index contributed by atoms with van der Waals surface area (Å²) in [5.41, 5.74) is 9.77. The van der Waals surface area contributed by atoms with Gasteiger partial charge < -0.3 is 10.5 Å². The number of nitrogen functional groups attached to an aromatic ring is 1. The molecule has 152 valence electrons. The zero-order chi connectivity index (χ0) is 21.3. The van der Waals surface area contributed by atoms with Crippen molar-refractivity contribution in [2.45, 2.75) is 11.8 Å². The molecule has 4 rings (SSSR count). The minimum Gasteiger partial charge on any atom is -0.497 e. The first-order valence-corrected chi connectivity index (χ1v) is 10.8. The highest BCUT2D eigenvalue weighted by molar-refractivity contribution is 7.92. The number of hydrogen-bond acceptors (Lipinski definition) is 5. The molecule has 0 saturated carbocycles. The smallest absolute Gasteiger partial charge is 0.263 e. The van der Waals surface area contributed by atoms with Gasteiger partial charge in [0, 0.05) is 10.9 Å². The summed E-state index contributed by atoms with van der Waals surface area (Å²) in [4.78, 5) is 4.74. The third-order valence-corrected chi connectivity index (χ3v) is 6.23. The summed E-state index contributed by atoms with van der Waals surface area (Å²) in [6, 6.07) is 21.2. The number of sulfonamides is 1. The fraction of sp³-hybridized carbons (Fsp3) is 0.0870. The molecule has 0 unspecified atom stereocenters. The molecule has 7 heteroatoms. The molecule has 0 radical (unpaired) electrons. The summed E-state index contributed by atoms with van der Waals surface area (Å²) in [6.45, 7) is 1.90. The van der Waals surface area contributed by atoms with Gasteiger partial charge in [0.05, 0.1) is 23.2 Å². The van der Waals surface area contributed by atoms with Crippen LogP contribution in [0.1, 0.15) is 5.56 Å². The largest absolute Gasteiger partial charge is 0.497 e. The van der Waals surface area contributed by atoms with Crippen molar-refractivity contribution >= 4 is 32.4 Å². The van der Waals surface area contributed by atoms with Crippen LogP contribution in [0.15, 0.2) is 77.7 Å². The highest BCUT2D eigenvalue weighted by atomic mass is 32.2. The Labute approximate surface area is 175 Å². The number of ether oxygens (including phenoxy) is 1. The molecule has 3 N–H and O–H groups in total. The highest BCUT2D eigenvalue weighted by Gasteiger charge is 2.21. The van der Waals surface area contributed by atoms with Crippen LogP contribution >= 0.6 is 0 Å². The van der Waals surface area contributed by atoms with Crippen molar-refractivity contribution < 1.29 is 13.2 Å². The zero-order valence-corrected chi connectivity index (χ0v) is 17.4. The lowest BCUT2D eigenvalue weighted by molar-refractivity contribution is 0.415. The molecule has 0 aliphatic carbocycles. The third-order valence-electron chi connectivity index (χ3n) is 4.87. The number of nitrogens with zero attached hydrogens (tertiary/aromatic N) is 1. The second kappa shape index (κ2) is 7.68. The lowest BCUT2D eigenvalue weighted by atomic mass is 10.0. The molecule has 0 atom stereocenters. The highest BCUT2D eigenvalue weighted by Crippen LogP contribution is 2.38. The van der Waals surface area contributed by atoms with Crippen LogP contribution < -0.4 is 15.2 Å². The van der Waals surface area contributed by atoms with Gasteiger partial charge in [-0.2, -0.15) is 0 Å². The van der Waals surface area contributed by atoms with Gasteiger partial charge in [0.25, 0.3) is 10.0 Å². The summed E-state index contributed by atoms with van der Waals surface area (Å²) in [5.74, 6) is 0.866. The Morgan fingerprint density at radius 3 is 2.27 bits per heavy atom. The van der Waals surface area contributed by atoms with Gasteiger partial charge in [0.2, 0.25) is 0 Å². The summed E-state index contributed by atoms with van der Waals surface area (Å²) < 4.78 is 33.9. The van der Waals surface area contributed by atoms with E-state index in [1.807, 2.05) is 37.3 Å². The molecular weight excluding hydrogens is 398 g/mol. The van der Waals surface area contributed by atoms with E-state index in [4.69, 9.17) is 10.5 Å². The normalized spacial score (nSPS) is 11.4. The number of anilines is 2. The molecular formula is C23H21N3O3S. The fourth-order valence-electron chi connectivity index (χ4n) is 3.26. The van der Waals surface area contributed by atoms with Crippen LogP contribution in [0.5, 0.6) is 5.75 Å². The molecule has 0 spiro atoms. The van der Waals surface area contributed by atoms with Crippen LogP contribution in [0.2, 0.25) is 0 Å².